The summed E-state index contributed by atoms with van der Waals surface area (Å²) in [5.74, 6) is -2.31. The number of esters is 3. The monoisotopic (exact) mass is 270 g/mol. The Labute approximate surface area is 112 Å². The number of rotatable bonds is 6. The van der Waals surface area contributed by atoms with Crippen molar-refractivity contribution < 1.29 is 28.6 Å². The quantitative estimate of drug-likeness (QED) is 0.409. The molecule has 0 spiro atoms. The van der Waals surface area contributed by atoms with Gasteiger partial charge in [-0.1, -0.05) is 13.2 Å². The molecule has 0 N–H and O–H groups in total. The molecule has 0 aromatic carbocycles. The van der Waals surface area contributed by atoms with E-state index in [1.54, 1.807) is 0 Å². The topological polar surface area (TPSA) is 78.9 Å². The lowest BCUT2D eigenvalue weighted by Crippen LogP contribution is -2.46. The molecule has 0 bridgehead atoms. The first-order chi connectivity index (χ1) is 8.64. The van der Waals surface area contributed by atoms with Crippen LogP contribution in [0.3, 0.4) is 0 Å². The van der Waals surface area contributed by atoms with Gasteiger partial charge in [-0.25, -0.2) is 14.4 Å². The molecule has 19 heavy (non-hydrogen) atoms. The summed E-state index contributed by atoms with van der Waals surface area (Å²) < 4.78 is 14.3. The van der Waals surface area contributed by atoms with Crippen LogP contribution < -0.4 is 0 Å². The van der Waals surface area contributed by atoms with E-state index in [9.17, 15) is 14.4 Å². The predicted molar refractivity (Wildman–Crippen MR) is 67.1 cm³/mol. The Hall–Kier alpha value is -2.11. The summed E-state index contributed by atoms with van der Waals surface area (Å²) >= 11 is 0. The Morgan fingerprint density at radius 2 is 1.53 bits per heavy atom. The first kappa shape index (κ1) is 16.9. The van der Waals surface area contributed by atoms with Crippen molar-refractivity contribution >= 4 is 17.9 Å². The van der Waals surface area contributed by atoms with Crippen LogP contribution in [0.25, 0.3) is 0 Å². The highest BCUT2D eigenvalue weighted by molar-refractivity contribution is 5.91. The van der Waals surface area contributed by atoms with Crippen molar-refractivity contribution in [1.29, 1.82) is 0 Å². The van der Waals surface area contributed by atoms with Gasteiger partial charge in [0.15, 0.2) is 0 Å². The van der Waals surface area contributed by atoms with Crippen LogP contribution in [-0.2, 0) is 28.6 Å². The summed E-state index contributed by atoms with van der Waals surface area (Å²) in [4.78, 5) is 34.4. The molecule has 1 atom stereocenters. The van der Waals surface area contributed by atoms with Crippen LogP contribution in [-0.4, -0.2) is 37.2 Å². The van der Waals surface area contributed by atoms with Crippen molar-refractivity contribution in [2.45, 2.75) is 26.4 Å². The first-order valence-electron chi connectivity index (χ1n) is 5.44. The SMILES string of the molecule is C=C(C)C(=O)OCC(C)(OC(=O)C(=C)C)C(=O)OC. The van der Waals surface area contributed by atoms with E-state index in [1.807, 2.05) is 0 Å². The molecule has 0 amide bonds. The minimum absolute atomic E-state index is 0.112. The maximum Gasteiger partial charge on any atom is 0.353 e. The summed E-state index contributed by atoms with van der Waals surface area (Å²) in [6.07, 6.45) is 0. The molecular weight excluding hydrogens is 252 g/mol. The molecule has 106 valence electrons. The van der Waals surface area contributed by atoms with Gasteiger partial charge in [0.25, 0.3) is 0 Å². The molecule has 1 unspecified atom stereocenters. The summed E-state index contributed by atoms with van der Waals surface area (Å²) in [5.41, 5.74) is -1.45. The average molecular weight is 270 g/mol. The third kappa shape index (κ3) is 4.95. The fourth-order valence-corrected chi connectivity index (χ4v) is 0.964. The van der Waals surface area contributed by atoms with E-state index in [0.29, 0.717) is 0 Å². The standard InChI is InChI=1S/C13H18O6/c1-8(2)10(14)18-7-13(5,12(16)17-6)19-11(15)9(3)4/h1,3,7H2,2,4-6H3. The third-order valence-corrected chi connectivity index (χ3v) is 2.11. The number of hydrogen-bond donors (Lipinski definition) is 0. The summed E-state index contributed by atoms with van der Waals surface area (Å²) in [5, 5.41) is 0. The van der Waals surface area contributed by atoms with Crippen molar-refractivity contribution in [2.24, 2.45) is 0 Å². The Kier molecular flexibility index (Phi) is 5.98. The lowest BCUT2D eigenvalue weighted by Gasteiger charge is -2.26. The second kappa shape index (κ2) is 6.72. The van der Waals surface area contributed by atoms with E-state index in [0.717, 1.165) is 7.11 Å². The zero-order chi connectivity index (χ0) is 15.2. The second-order valence-electron chi connectivity index (χ2n) is 4.25. The van der Waals surface area contributed by atoms with Crippen LogP contribution in [0.1, 0.15) is 20.8 Å². The highest BCUT2D eigenvalue weighted by Gasteiger charge is 2.40. The van der Waals surface area contributed by atoms with Gasteiger partial charge in [0.2, 0.25) is 5.60 Å². The number of carbonyl (C=O) groups excluding carboxylic acids is 3. The lowest BCUT2D eigenvalue weighted by atomic mass is 10.1. The molecule has 6 heteroatoms. The van der Waals surface area contributed by atoms with E-state index in [-0.39, 0.29) is 11.1 Å². The summed E-state index contributed by atoms with van der Waals surface area (Å²) in [6, 6.07) is 0. The molecule has 0 aliphatic rings. The molecule has 6 nitrogen and oxygen atoms in total. The van der Waals surface area contributed by atoms with Crippen molar-refractivity contribution in [2.75, 3.05) is 13.7 Å². The molecule has 0 saturated carbocycles. The maximum absolute atomic E-state index is 11.6. The van der Waals surface area contributed by atoms with Gasteiger partial charge in [0.05, 0.1) is 7.11 Å². The van der Waals surface area contributed by atoms with E-state index in [1.165, 1.54) is 20.8 Å². The average Bonchev–Trinajstić information content (AvgIpc) is 2.34. The molecule has 0 heterocycles. The first-order valence-corrected chi connectivity index (χ1v) is 5.44. The molecular formula is C13H18O6. The van der Waals surface area contributed by atoms with Crippen molar-refractivity contribution in [3.8, 4) is 0 Å². The highest BCUT2D eigenvalue weighted by atomic mass is 16.6. The molecule has 0 radical (unpaired) electrons. The predicted octanol–water partition coefficient (Wildman–Crippen LogP) is 1.16. The lowest BCUT2D eigenvalue weighted by molar-refractivity contribution is -0.184. The summed E-state index contributed by atoms with van der Waals surface area (Å²) in [6.45, 7) is 10.5. The van der Waals surface area contributed by atoms with Gasteiger partial charge in [-0.05, 0) is 20.8 Å². The number of hydrogen-bond acceptors (Lipinski definition) is 6. The van der Waals surface area contributed by atoms with Gasteiger partial charge in [-0.15, -0.1) is 0 Å². The fraction of sp³-hybridized carbons (Fsp3) is 0.462. The van der Waals surface area contributed by atoms with Crippen LogP contribution >= 0.6 is 0 Å². The van der Waals surface area contributed by atoms with Gasteiger partial charge >= 0.3 is 17.9 Å². The Morgan fingerprint density at radius 3 is 1.89 bits per heavy atom. The normalized spacial score (nSPS) is 12.8. The van der Waals surface area contributed by atoms with Gasteiger partial charge < -0.3 is 14.2 Å². The fourth-order valence-electron chi connectivity index (χ4n) is 0.964. The van der Waals surface area contributed by atoms with Crippen molar-refractivity contribution in [3.05, 3.63) is 24.3 Å². The van der Waals surface area contributed by atoms with Gasteiger partial charge in [0, 0.05) is 11.1 Å². The van der Waals surface area contributed by atoms with E-state index < -0.39 is 30.1 Å². The Morgan fingerprint density at radius 1 is 1.05 bits per heavy atom. The van der Waals surface area contributed by atoms with Crippen molar-refractivity contribution in [3.63, 3.8) is 0 Å². The third-order valence-electron chi connectivity index (χ3n) is 2.11. The minimum atomic E-state index is -1.73. The van der Waals surface area contributed by atoms with Gasteiger partial charge in [-0.3, -0.25) is 0 Å². The molecule has 0 aliphatic heterocycles. The summed E-state index contributed by atoms with van der Waals surface area (Å²) in [7, 11) is 1.13. The van der Waals surface area contributed by atoms with Crippen LogP contribution in [0, 0.1) is 0 Å². The minimum Gasteiger partial charge on any atom is -0.466 e. The number of methoxy groups -OCH3 is 1. The Balaban J connectivity index is 4.93. The van der Waals surface area contributed by atoms with E-state index in [4.69, 9.17) is 9.47 Å². The molecule has 0 aliphatic carbocycles. The van der Waals surface area contributed by atoms with Crippen LogP contribution in [0.15, 0.2) is 24.3 Å². The van der Waals surface area contributed by atoms with Gasteiger partial charge in [-0.2, -0.15) is 0 Å². The smallest absolute Gasteiger partial charge is 0.353 e. The molecule has 0 aromatic heterocycles. The van der Waals surface area contributed by atoms with E-state index in [2.05, 4.69) is 17.9 Å². The Bertz CT molecular complexity index is 423. The largest absolute Gasteiger partial charge is 0.466 e. The van der Waals surface area contributed by atoms with E-state index >= 15 is 0 Å². The van der Waals surface area contributed by atoms with Crippen molar-refractivity contribution in [1.82, 2.24) is 0 Å². The second-order valence-corrected chi connectivity index (χ2v) is 4.25. The number of ether oxygens (including phenoxy) is 3. The zero-order valence-corrected chi connectivity index (χ0v) is 11.6. The molecule has 0 saturated heterocycles. The van der Waals surface area contributed by atoms with Crippen LogP contribution in [0.2, 0.25) is 0 Å². The highest BCUT2D eigenvalue weighted by Crippen LogP contribution is 2.16. The molecule has 0 rings (SSSR count). The molecule has 0 aromatic rings. The zero-order valence-electron chi connectivity index (χ0n) is 11.6. The molecule has 0 fully saturated rings. The maximum atomic E-state index is 11.6. The van der Waals surface area contributed by atoms with Crippen LogP contribution in [0.5, 0.6) is 0 Å². The van der Waals surface area contributed by atoms with Gasteiger partial charge in [0.1, 0.15) is 6.61 Å². The number of carbonyl (C=O) groups is 3. The van der Waals surface area contributed by atoms with Crippen LogP contribution in [0.4, 0.5) is 0 Å².